The average molecular weight is 357 g/mol. The summed E-state index contributed by atoms with van der Waals surface area (Å²) >= 11 is -2.19. The van der Waals surface area contributed by atoms with Crippen LogP contribution >= 0.6 is 0 Å². The van der Waals surface area contributed by atoms with Gasteiger partial charge in [0.15, 0.2) is 0 Å². The molecule has 0 radical (unpaired) electrons. The normalized spacial score (nSPS) is 12.3. The van der Waals surface area contributed by atoms with Crippen LogP contribution in [0, 0.1) is 0 Å². The molecule has 0 N–H and O–H groups in total. The van der Waals surface area contributed by atoms with Gasteiger partial charge in [-0.05, 0) is 0 Å². The standard InChI is InChI=1S/C17H23F3Ge/c1-6-21(7-2,8-3)14(5)13(4)15-9-11-16(12-10-15)17(18,19)20/h9-12H,4-8H2,1-3H3. The number of alkyl halides is 3. The summed E-state index contributed by atoms with van der Waals surface area (Å²) in [5.74, 6) is 0. The molecule has 0 saturated carbocycles. The Labute approximate surface area is 128 Å². The Bertz CT molecular complexity index is 500. The molecule has 0 aromatic heterocycles. The Morgan fingerprint density at radius 1 is 0.952 bits per heavy atom. The topological polar surface area (TPSA) is 0 Å². The zero-order valence-corrected chi connectivity index (χ0v) is 15.1. The third-order valence-corrected chi connectivity index (χ3v) is 16.4. The number of benzene rings is 1. The van der Waals surface area contributed by atoms with Crippen LogP contribution in [0.25, 0.3) is 5.57 Å². The van der Waals surface area contributed by atoms with Crippen molar-refractivity contribution in [2.24, 2.45) is 0 Å². The molecule has 1 aromatic carbocycles. The molecule has 116 valence electrons. The summed E-state index contributed by atoms with van der Waals surface area (Å²) in [6.45, 7) is 14.9. The maximum atomic E-state index is 12.6. The van der Waals surface area contributed by atoms with Gasteiger partial charge in [0.1, 0.15) is 0 Å². The summed E-state index contributed by atoms with van der Waals surface area (Å²) in [7, 11) is 0. The van der Waals surface area contributed by atoms with Crippen LogP contribution in [-0.2, 0) is 6.18 Å². The van der Waals surface area contributed by atoms with Gasteiger partial charge in [-0.15, -0.1) is 0 Å². The first-order chi connectivity index (χ1) is 9.71. The van der Waals surface area contributed by atoms with E-state index in [0.717, 1.165) is 43.4 Å². The van der Waals surface area contributed by atoms with E-state index in [1.54, 1.807) is 0 Å². The third kappa shape index (κ3) is 3.82. The third-order valence-electron chi connectivity index (χ3n) is 4.60. The van der Waals surface area contributed by atoms with E-state index in [1.807, 2.05) is 0 Å². The number of rotatable bonds is 6. The molecule has 0 nitrogen and oxygen atoms in total. The van der Waals surface area contributed by atoms with Crippen molar-refractivity contribution in [2.75, 3.05) is 0 Å². The fourth-order valence-electron chi connectivity index (χ4n) is 2.74. The summed E-state index contributed by atoms with van der Waals surface area (Å²) in [6, 6.07) is 5.24. The molecule has 0 aliphatic heterocycles. The van der Waals surface area contributed by atoms with E-state index in [-0.39, 0.29) is 0 Å². The Morgan fingerprint density at radius 2 is 1.38 bits per heavy atom. The van der Waals surface area contributed by atoms with Crippen molar-refractivity contribution in [3.05, 3.63) is 53.0 Å². The fourth-order valence-corrected chi connectivity index (χ4v) is 10.2. The Kier molecular flexibility index (Phi) is 5.91. The van der Waals surface area contributed by atoms with E-state index in [4.69, 9.17) is 0 Å². The number of hydrogen-bond acceptors (Lipinski definition) is 0. The Hall–Kier alpha value is -0.967. The first-order valence-electron chi connectivity index (χ1n) is 7.28. The molecule has 0 aliphatic carbocycles. The number of hydrogen-bond donors (Lipinski definition) is 0. The molecule has 21 heavy (non-hydrogen) atoms. The predicted molar refractivity (Wildman–Crippen MR) is 86.8 cm³/mol. The predicted octanol–water partition coefficient (Wildman–Crippen LogP) is 6.32. The summed E-state index contributed by atoms with van der Waals surface area (Å²) in [5, 5.41) is 3.39. The molecular weight excluding hydrogens is 334 g/mol. The molecular formula is C17H23F3Ge. The van der Waals surface area contributed by atoms with Gasteiger partial charge >= 0.3 is 128 Å². The van der Waals surface area contributed by atoms with E-state index >= 15 is 0 Å². The molecule has 1 rings (SSSR count). The Balaban J connectivity index is 3.06. The van der Waals surface area contributed by atoms with Crippen LogP contribution in [0.3, 0.4) is 0 Å². The molecule has 0 spiro atoms. The van der Waals surface area contributed by atoms with E-state index in [9.17, 15) is 13.2 Å². The second kappa shape index (κ2) is 6.86. The molecule has 4 heteroatoms. The van der Waals surface area contributed by atoms with Crippen molar-refractivity contribution in [3.63, 3.8) is 0 Å². The second-order valence-corrected chi connectivity index (χ2v) is 16.5. The zero-order valence-electron chi connectivity index (χ0n) is 13.0. The van der Waals surface area contributed by atoms with Gasteiger partial charge in [0, 0.05) is 0 Å². The summed E-state index contributed by atoms with van der Waals surface area (Å²) in [5.41, 5.74) is 0.937. The quantitative estimate of drug-likeness (QED) is 0.413. The van der Waals surface area contributed by atoms with Crippen molar-refractivity contribution < 1.29 is 13.2 Å². The van der Waals surface area contributed by atoms with Crippen molar-refractivity contribution in [1.29, 1.82) is 0 Å². The van der Waals surface area contributed by atoms with Gasteiger partial charge < -0.3 is 0 Å². The van der Waals surface area contributed by atoms with E-state index < -0.39 is 25.0 Å². The van der Waals surface area contributed by atoms with Crippen molar-refractivity contribution in [1.82, 2.24) is 0 Å². The summed E-state index contributed by atoms with van der Waals surface area (Å²) in [6.07, 6.45) is -4.30. The number of halogens is 3. The van der Waals surface area contributed by atoms with Gasteiger partial charge in [-0.2, -0.15) is 0 Å². The molecule has 0 bridgehead atoms. The minimum absolute atomic E-state index is 0.626. The van der Waals surface area contributed by atoms with Crippen LogP contribution in [0.5, 0.6) is 0 Å². The van der Waals surface area contributed by atoms with Gasteiger partial charge in [-0.1, -0.05) is 0 Å². The molecule has 0 amide bonds. The average Bonchev–Trinajstić information content (AvgIpc) is 2.48. The first kappa shape index (κ1) is 18.1. The molecule has 0 unspecified atom stereocenters. The second-order valence-electron chi connectivity index (χ2n) is 5.37. The van der Waals surface area contributed by atoms with Crippen LogP contribution in [-0.4, -0.2) is 13.3 Å². The van der Waals surface area contributed by atoms with Gasteiger partial charge in [-0.25, -0.2) is 0 Å². The van der Waals surface area contributed by atoms with Crippen molar-refractivity contribution in [2.45, 2.75) is 42.7 Å². The first-order valence-corrected chi connectivity index (χ1v) is 12.8. The van der Waals surface area contributed by atoms with Gasteiger partial charge in [0.2, 0.25) is 0 Å². The van der Waals surface area contributed by atoms with E-state index in [2.05, 4.69) is 33.9 Å². The Morgan fingerprint density at radius 3 is 1.71 bits per heavy atom. The van der Waals surface area contributed by atoms with Crippen LogP contribution in [0.1, 0.15) is 31.9 Å². The molecule has 0 aliphatic rings. The van der Waals surface area contributed by atoms with Crippen LogP contribution < -0.4 is 0 Å². The number of allylic oxidation sites excluding steroid dienone is 2. The van der Waals surface area contributed by atoms with Gasteiger partial charge in [0.25, 0.3) is 0 Å². The molecule has 0 heterocycles. The van der Waals surface area contributed by atoms with Gasteiger partial charge in [-0.3, -0.25) is 0 Å². The monoisotopic (exact) mass is 358 g/mol. The minimum atomic E-state index is -4.30. The van der Waals surface area contributed by atoms with Crippen LogP contribution in [0.4, 0.5) is 13.2 Å². The molecule has 0 atom stereocenters. The SMILES string of the molecule is C=C([C](=C)[Ge]([CH2]C)([CH2]C)[CH2]C)c1ccc(C(F)(F)F)cc1. The molecule has 0 saturated heterocycles. The summed E-state index contributed by atoms with van der Waals surface area (Å²) in [4.78, 5) is 0. The fraction of sp³-hybridized carbons (Fsp3) is 0.412. The van der Waals surface area contributed by atoms with Crippen LogP contribution in [0.2, 0.25) is 15.8 Å². The molecule has 0 fully saturated rings. The van der Waals surface area contributed by atoms with E-state index in [1.165, 1.54) is 12.1 Å². The maximum absolute atomic E-state index is 12.6. The molecule has 1 aromatic rings. The van der Waals surface area contributed by atoms with E-state index in [0.29, 0.717) is 0 Å². The van der Waals surface area contributed by atoms with Crippen molar-refractivity contribution in [3.8, 4) is 0 Å². The summed E-state index contributed by atoms with van der Waals surface area (Å²) < 4.78 is 38.9. The van der Waals surface area contributed by atoms with Gasteiger partial charge in [0.05, 0.1) is 0 Å². The zero-order chi connectivity index (χ0) is 16.3. The van der Waals surface area contributed by atoms with Crippen LogP contribution in [0.15, 0.2) is 41.8 Å². The van der Waals surface area contributed by atoms with Crippen molar-refractivity contribution >= 4 is 18.8 Å².